The lowest BCUT2D eigenvalue weighted by Gasteiger charge is -2.03. The largest absolute Gasteiger partial charge is 0.335 e. The molecular weight excluding hydrogens is 324 g/mol. The molecule has 1 heterocycles. The van der Waals surface area contributed by atoms with E-state index in [-0.39, 0.29) is 16.5 Å². The summed E-state index contributed by atoms with van der Waals surface area (Å²) in [5.74, 6) is 0. The third kappa shape index (κ3) is 2.25. The van der Waals surface area contributed by atoms with Gasteiger partial charge in [0.15, 0.2) is 0 Å². The van der Waals surface area contributed by atoms with Crippen molar-refractivity contribution in [3.05, 3.63) is 24.3 Å². The van der Waals surface area contributed by atoms with Gasteiger partial charge in [0.05, 0.1) is 4.90 Å². The van der Waals surface area contributed by atoms with Gasteiger partial charge in [0, 0.05) is 10.7 Å². The highest BCUT2D eigenvalue weighted by Gasteiger charge is 2.22. The third-order valence-electron chi connectivity index (χ3n) is 2.85. The first kappa shape index (κ1) is 13.9. The lowest BCUT2D eigenvalue weighted by molar-refractivity contribution is 0.417. The normalized spacial score (nSPS) is 13.0. The predicted molar refractivity (Wildman–Crippen MR) is 68.9 cm³/mol. The summed E-state index contributed by atoms with van der Waals surface area (Å²) in [6.45, 7) is 0. The molecule has 0 fully saturated rings. The van der Waals surface area contributed by atoms with Crippen LogP contribution in [0.15, 0.2) is 38.6 Å². The minimum atomic E-state index is -4.62. The monoisotopic (exact) mass is 330 g/mol. The fourth-order valence-corrected chi connectivity index (χ4v) is 3.12. The van der Waals surface area contributed by atoms with Gasteiger partial charge in [-0.3, -0.25) is 9.11 Å². The van der Waals surface area contributed by atoms with Gasteiger partial charge in [0.25, 0.3) is 20.2 Å². The second-order valence-electron chi connectivity index (χ2n) is 4.16. The number of nitrogens with zero attached hydrogens (tertiary/aromatic N) is 2. The van der Waals surface area contributed by atoms with Crippen molar-refractivity contribution >= 4 is 42.1 Å². The Morgan fingerprint density at radius 3 is 2.33 bits per heavy atom. The van der Waals surface area contributed by atoms with Crippen LogP contribution in [0.5, 0.6) is 0 Å². The Bertz CT molecular complexity index is 1080. The van der Waals surface area contributed by atoms with Gasteiger partial charge in [0.2, 0.25) is 5.58 Å². The van der Waals surface area contributed by atoms with Gasteiger partial charge in [0.1, 0.15) is 10.4 Å². The molecule has 110 valence electrons. The zero-order chi connectivity index (χ0) is 15.4. The molecule has 2 N–H and O–H groups in total. The van der Waals surface area contributed by atoms with E-state index in [0.717, 1.165) is 18.2 Å². The molecule has 3 aromatic rings. The van der Waals surface area contributed by atoms with Crippen LogP contribution < -0.4 is 0 Å². The van der Waals surface area contributed by atoms with E-state index >= 15 is 0 Å². The van der Waals surface area contributed by atoms with E-state index in [2.05, 4.69) is 10.4 Å². The second kappa shape index (κ2) is 4.21. The van der Waals surface area contributed by atoms with Gasteiger partial charge in [-0.2, -0.15) is 16.8 Å². The smallest absolute Gasteiger partial charge is 0.298 e. The van der Waals surface area contributed by atoms with E-state index in [4.69, 9.17) is 9.08 Å². The number of fused-ring (bicyclic) bond motifs is 3. The van der Waals surface area contributed by atoms with Crippen LogP contribution >= 0.6 is 0 Å². The van der Waals surface area contributed by atoms with Crippen molar-refractivity contribution in [1.29, 1.82) is 0 Å². The van der Waals surface area contributed by atoms with E-state index in [0.29, 0.717) is 5.39 Å². The molecule has 0 amide bonds. The number of rotatable bonds is 2. The molecule has 0 aliphatic heterocycles. The van der Waals surface area contributed by atoms with Crippen molar-refractivity contribution in [3.63, 3.8) is 0 Å². The summed E-state index contributed by atoms with van der Waals surface area (Å²) >= 11 is 0. The average Bonchev–Trinajstić information content (AvgIpc) is 2.83. The SMILES string of the molecule is O=S(=O)(O)c1ccc2c(c1)cc(S(=O)(=O)O)c1onnc12. The topological polar surface area (TPSA) is 148 Å². The van der Waals surface area contributed by atoms with Crippen LogP contribution in [0.1, 0.15) is 0 Å². The molecule has 1 aromatic heterocycles. The first-order valence-electron chi connectivity index (χ1n) is 5.32. The predicted octanol–water partition coefficient (Wildman–Crippen LogP) is 0.869. The number of aromatic nitrogens is 2. The highest BCUT2D eigenvalue weighted by Crippen LogP contribution is 2.31. The molecule has 0 bridgehead atoms. The quantitative estimate of drug-likeness (QED) is 0.653. The Morgan fingerprint density at radius 2 is 1.71 bits per heavy atom. The zero-order valence-corrected chi connectivity index (χ0v) is 11.6. The minimum absolute atomic E-state index is 0.0435. The second-order valence-corrected chi connectivity index (χ2v) is 6.97. The standard InChI is InChI=1S/C10H6N2O7S2/c13-20(14,15)6-1-2-7-5(3-6)4-8(21(16,17)18)10-9(7)11-12-19-10/h1-4H,(H,13,14,15)(H,16,17,18). The molecule has 9 nitrogen and oxygen atoms in total. The lowest BCUT2D eigenvalue weighted by atomic mass is 10.1. The van der Waals surface area contributed by atoms with Crippen molar-refractivity contribution in [2.45, 2.75) is 9.79 Å². The van der Waals surface area contributed by atoms with Crippen molar-refractivity contribution in [3.8, 4) is 0 Å². The van der Waals surface area contributed by atoms with Crippen LogP contribution in [0.3, 0.4) is 0 Å². The van der Waals surface area contributed by atoms with E-state index in [1.54, 1.807) is 0 Å². The summed E-state index contributed by atoms with van der Waals surface area (Å²) in [7, 11) is -9.08. The maximum atomic E-state index is 11.3. The molecule has 0 spiro atoms. The Balaban J connectivity index is 2.52. The number of benzene rings is 2. The lowest BCUT2D eigenvalue weighted by Crippen LogP contribution is -2.00. The Hall–Kier alpha value is -2.08. The zero-order valence-electron chi connectivity index (χ0n) is 9.96. The Morgan fingerprint density at radius 1 is 1.00 bits per heavy atom. The molecular formula is C10H6N2O7S2. The maximum Gasteiger partial charge on any atom is 0.298 e. The molecule has 3 rings (SSSR count). The van der Waals surface area contributed by atoms with Crippen LogP contribution in [-0.4, -0.2) is 36.3 Å². The molecule has 2 aromatic carbocycles. The Kier molecular flexibility index (Phi) is 2.78. The molecule has 0 saturated carbocycles. The summed E-state index contributed by atoms with van der Waals surface area (Å²) in [6, 6.07) is 4.50. The maximum absolute atomic E-state index is 11.3. The first-order valence-corrected chi connectivity index (χ1v) is 8.20. The highest BCUT2D eigenvalue weighted by atomic mass is 32.2. The van der Waals surface area contributed by atoms with E-state index in [1.165, 1.54) is 6.07 Å². The molecule has 0 atom stereocenters. The first-order chi connectivity index (χ1) is 9.68. The van der Waals surface area contributed by atoms with Gasteiger partial charge in [-0.1, -0.05) is 6.07 Å². The van der Waals surface area contributed by atoms with Crippen molar-refractivity contribution in [2.24, 2.45) is 0 Å². The third-order valence-corrected chi connectivity index (χ3v) is 4.56. The number of hydrogen-bond acceptors (Lipinski definition) is 7. The highest BCUT2D eigenvalue weighted by molar-refractivity contribution is 7.86. The van der Waals surface area contributed by atoms with Crippen LogP contribution in [0.25, 0.3) is 21.9 Å². The van der Waals surface area contributed by atoms with Crippen molar-refractivity contribution < 1.29 is 30.5 Å². The molecule has 21 heavy (non-hydrogen) atoms. The van der Waals surface area contributed by atoms with E-state index in [9.17, 15) is 21.4 Å². The Labute approximate surface area is 117 Å². The average molecular weight is 330 g/mol. The van der Waals surface area contributed by atoms with Crippen LogP contribution in [0, 0.1) is 0 Å². The summed E-state index contributed by atoms with van der Waals surface area (Å²) in [5.41, 5.74) is -0.202. The van der Waals surface area contributed by atoms with Crippen LogP contribution in [0.2, 0.25) is 0 Å². The molecule has 0 aliphatic carbocycles. The fraction of sp³-hybridized carbons (Fsp3) is 0. The molecule has 0 unspecified atom stereocenters. The van der Waals surface area contributed by atoms with Gasteiger partial charge < -0.3 is 4.52 Å². The number of hydrogen-bond donors (Lipinski definition) is 2. The van der Waals surface area contributed by atoms with Crippen molar-refractivity contribution in [2.75, 3.05) is 0 Å². The molecule has 0 aliphatic rings. The molecule has 11 heteroatoms. The van der Waals surface area contributed by atoms with E-state index in [1.807, 2.05) is 0 Å². The molecule has 0 radical (unpaired) electrons. The van der Waals surface area contributed by atoms with Gasteiger partial charge in [-0.25, -0.2) is 0 Å². The van der Waals surface area contributed by atoms with Gasteiger partial charge in [-0.15, -0.1) is 5.10 Å². The van der Waals surface area contributed by atoms with E-state index < -0.39 is 30.0 Å². The van der Waals surface area contributed by atoms with Crippen LogP contribution in [-0.2, 0) is 20.2 Å². The van der Waals surface area contributed by atoms with Crippen LogP contribution in [0.4, 0.5) is 0 Å². The van der Waals surface area contributed by atoms with Gasteiger partial charge in [-0.05, 0) is 23.6 Å². The van der Waals surface area contributed by atoms with Crippen molar-refractivity contribution in [1.82, 2.24) is 10.4 Å². The summed E-state index contributed by atoms with van der Waals surface area (Å²) in [6.07, 6.45) is 0. The molecule has 0 saturated heterocycles. The summed E-state index contributed by atoms with van der Waals surface area (Å²) in [5, 5.41) is 7.32. The minimum Gasteiger partial charge on any atom is -0.335 e. The summed E-state index contributed by atoms with van der Waals surface area (Å²) in [4.78, 5) is -1.02. The summed E-state index contributed by atoms with van der Waals surface area (Å²) < 4.78 is 67.8. The fourth-order valence-electron chi connectivity index (χ4n) is 1.96. The van der Waals surface area contributed by atoms with Gasteiger partial charge >= 0.3 is 0 Å².